The third-order valence-corrected chi connectivity index (χ3v) is 3.81. The van der Waals surface area contributed by atoms with Crippen LogP contribution in [0.15, 0.2) is 24.3 Å². The molecule has 1 aromatic carbocycles. The number of thioether (sulfide) groups is 1. The summed E-state index contributed by atoms with van der Waals surface area (Å²) in [4.78, 5) is 0. The molecule has 0 spiro atoms. The van der Waals surface area contributed by atoms with E-state index in [-0.39, 0.29) is 4.75 Å². The van der Waals surface area contributed by atoms with E-state index in [4.69, 9.17) is 4.74 Å². The second-order valence-electron chi connectivity index (χ2n) is 3.96. The van der Waals surface area contributed by atoms with Crippen LogP contribution in [0.2, 0.25) is 0 Å². The Labute approximate surface area is 89.9 Å². The molecule has 1 heterocycles. The predicted molar refractivity (Wildman–Crippen MR) is 62.2 cm³/mol. The summed E-state index contributed by atoms with van der Waals surface area (Å²) in [6.07, 6.45) is 1.13. The summed E-state index contributed by atoms with van der Waals surface area (Å²) in [6.45, 7) is 5.33. The summed E-state index contributed by atoms with van der Waals surface area (Å²) in [6, 6.07) is 8.35. The number of benzene rings is 1. The Morgan fingerprint density at radius 2 is 2.21 bits per heavy atom. The van der Waals surface area contributed by atoms with E-state index in [1.807, 2.05) is 17.8 Å². The third-order valence-electron chi connectivity index (χ3n) is 2.56. The lowest BCUT2D eigenvalue weighted by molar-refractivity contribution is 0.253. The minimum absolute atomic E-state index is 0.267. The molecule has 0 fully saturated rings. The fourth-order valence-electron chi connectivity index (χ4n) is 1.92. The molecule has 2 heteroatoms. The monoisotopic (exact) mass is 208 g/mol. The lowest BCUT2D eigenvalue weighted by Crippen LogP contribution is -2.35. The molecule has 1 aliphatic rings. The molecular weight excluding hydrogens is 192 g/mol. The van der Waals surface area contributed by atoms with Crippen LogP contribution in [0.3, 0.4) is 0 Å². The molecule has 1 nitrogen and oxygen atoms in total. The van der Waals surface area contributed by atoms with Gasteiger partial charge in [-0.2, -0.15) is 11.8 Å². The first kappa shape index (κ1) is 9.91. The van der Waals surface area contributed by atoms with Crippen LogP contribution >= 0.6 is 11.8 Å². The maximum atomic E-state index is 5.77. The van der Waals surface area contributed by atoms with Crippen molar-refractivity contribution in [1.29, 1.82) is 0 Å². The van der Waals surface area contributed by atoms with Gasteiger partial charge >= 0.3 is 0 Å². The van der Waals surface area contributed by atoms with Gasteiger partial charge in [0.25, 0.3) is 0 Å². The maximum Gasteiger partial charge on any atom is 0.122 e. The highest BCUT2D eigenvalue weighted by Crippen LogP contribution is 2.36. The third kappa shape index (κ3) is 1.90. The molecule has 0 aromatic heterocycles. The zero-order chi connectivity index (χ0) is 10.0. The van der Waals surface area contributed by atoms with E-state index >= 15 is 0 Å². The van der Waals surface area contributed by atoms with E-state index < -0.39 is 0 Å². The Hall–Kier alpha value is -0.630. The average Bonchev–Trinajstić information content (AvgIpc) is 2.17. The lowest BCUT2D eigenvalue weighted by Gasteiger charge is -2.34. The Bertz CT molecular complexity index is 324. The van der Waals surface area contributed by atoms with Gasteiger partial charge in [0.05, 0.1) is 4.75 Å². The van der Waals surface area contributed by atoms with Crippen LogP contribution in [0.4, 0.5) is 0 Å². The van der Waals surface area contributed by atoms with Gasteiger partial charge in [-0.25, -0.2) is 0 Å². The van der Waals surface area contributed by atoms with Crippen molar-refractivity contribution in [2.75, 3.05) is 12.4 Å². The van der Waals surface area contributed by atoms with Crippen LogP contribution in [-0.2, 0) is 6.42 Å². The van der Waals surface area contributed by atoms with Gasteiger partial charge < -0.3 is 4.74 Å². The number of rotatable bonds is 2. The summed E-state index contributed by atoms with van der Waals surface area (Å²) in [5.41, 5.74) is 1.35. The van der Waals surface area contributed by atoms with Gasteiger partial charge in [-0.05, 0) is 30.7 Å². The van der Waals surface area contributed by atoms with Gasteiger partial charge in [-0.3, -0.25) is 0 Å². The Morgan fingerprint density at radius 1 is 1.43 bits per heavy atom. The molecule has 1 atom stereocenters. The molecule has 0 bridgehead atoms. The molecule has 1 aromatic rings. The molecule has 0 aliphatic carbocycles. The lowest BCUT2D eigenvalue weighted by atomic mass is 9.98. The van der Waals surface area contributed by atoms with Crippen molar-refractivity contribution in [3.05, 3.63) is 29.8 Å². The summed E-state index contributed by atoms with van der Waals surface area (Å²) in [5, 5.41) is 0. The van der Waals surface area contributed by atoms with Crippen molar-refractivity contribution in [1.82, 2.24) is 0 Å². The minimum Gasteiger partial charge on any atom is -0.492 e. The second-order valence-corrected chi connectivity index (χ2v) is 5.81. The van der Waals surface area contributed by atoms with Gasteiger partial charge in [0.1, 0.15) is 12.4 Å². The number of hydrogen-bond donors (Lipinski definition) is 0. The molecule has 1 aliphatic heterocycles. The molecule has 1 unspecified atom stereocenters. The van der Waals surface area contributed by atoms with Gasteiger partial charge in [-0.15, -0.1) is 0 Å². The van der Waals surface area contributed by atoms with Crippen molar-refractivity contribution in [3.63, 3.8) is 0 Å². The van der Waals surface area contributed by atoms with E-state index in [9.17, 15) is 0 Å². The first-order valence-electron chi connectivity index (χ1n) is 5.08. The van der Waals surface area contributed by atoms with E-state index in [1.165, 1.54) is 5.56 Å². The van der Waals surface area contributed by atoms with Crippen LogP contribution in [0.25, 0.3) is 0 Å². The minimum atomic E-state index is 0.267. The SMILES string of the molecule is CCSC1(C)COc2ccccc2C1. The number of fused-ring (bicyclic) bond motifs is 1. The smallest absolute Gasteiger partial charge is 0.122 e. The van der Waals surface area contributed by atoms with E-state index in [0.717, 1.165) is 24.5 Å². The van der Waals surface area contributed by atoms with E-state index in [2.05, 4.69) is 32.0 Å². The number of ether oxygens (including phenoxy) is 1. The van der Waals surface area contributed by atoms with Crippen molar-refractivity contribution < 1.29 is 4.74 Å². The second kappa shape index (κ2) is 3.85. The van der Waals surface area contributed by atoms with Crippen LogP contribution in [0, 0.1) is 0 Å². The quantitative estimate of drug-likeness (QED) is 0.738. The zero-order valence-electron chi connectivity index (χ0n) is 8.75. The topological polar surface area (TPSA) is 9.23 Å². The summed E-state index contributed by atoms with van der Waals surface area (Å²) in [7, 11) is 0. The molecule has 76 valence electrons. The van der Waals surface area contributed by atoms with Crippen LogP contribution < -0.4 is 4.74 Å². The highest BCUT2D eigenvalue weighted by Gasteiger charge is 2.30. The van der Waals surface area contributed by atoms with E-state index in [1.54, 1.807) is 0 Å². The standard InChI is InChI=1S/C12H16OS/c1-3-14-12(2)8-10-6-4-5-7-11(10)13-9-12/h4-7H,3,8-9H2,1-2H3. The average molecular weight is 208 g/mol. The molecule has 0 radical (unpaired) electrons. The molecule has 2 rings (SSSR count). The van der Waals surface area contributed by atoms with Crippen LogP contribution in [0.1, 0.15) is 19.4 Å². The maximum absolute atomic E-state index is 5.77. The highest BCUT2D eigenvalue weighted by atomic mass is 32.2. The molecule has 0 saturated carbocycles. The highest BCUT2D eigenvalue weighted by molar-refractivity contribution is 8.00. The van der Waals surface area contributed by atoms with Crippen LogP contribution in [-0.4, -0.2) is 17.1 Å². The fraction of sp³-hybridized carbons (Fsp3) is 0.500. The molecule has 0 N–H and O–H groups in total. The van der Waals surface area contributed by atoms with Gasteiger partial charge in [0.2, 0.25) is 0 Å². The van der Waals surface area contributed by atoms with Gasteiger partial charge in [-0.1, -0.05) is 25.1 Å². The summed E-state index contributed by atoms with van der Waals surface area (Å²) >= 11 is 1.99. The first-order valence-corrected chi connectivity index (χ1v) is 6.07. The number of para-hydroxylation sites is 1. The Balaban J connectivity index is 2.20. The molecule has 0 saturated heterocycles. The Morgan fingerprint density at radius 3 is 3.00 bits per heavy atom. The van der Waals surface area contributed by atoms with Crippen LogP contribution in [0.5, 0.6) is 5.75 Å². The van der Waals surface area contributed by atoms with E-state index in [0.29, 0.717) is 0 Å². The summed E-state index contributed by atoms with van der Waals surface area (Å²) in [5.74, 6) is 2.23. The molecule has 0 amide bonds. The van der Waals surface area contributed by atoms with Gasteiger partial charge in [0.15, 0.2) is 0 Å². The molecule has 14 heavy (non-hydrogen) atoms. The zero-order valence-corrected chi connectivity index (χ0v) is 9.56. The van der Waals surface area contributed by atoms with Crippen molar-refractivity contribution in [2.24, 2.45) is 0 Å². The largest absolute Gasteiger partial charge is 0.492 e. The normalized spacial score (nSPS) is 25.3. The van der Waals surface area contributed by atoms with Crippen molar-refractivity contribution >= 4 is 11.8 Å². The predicted octanol–water partition coefficient (Wildman–Crippen LogP) is 3.13. The van der Waals surface area contributed by atoms with Crippen molar-refractivity contribution in [3.8, 4) is 5.75 Å². The molecular formula is C12H16OS. The number of hydrogen-bond acceptors (Lipinski definition) is 2. The summed E-state index contributed by atoms with van der Waals surface area (Å²) < 4.78 is 6.04. The van der Waals surface area contributed by atoms with Crippen molar-refractivity contribution in [2.45, 2.75) is 25.0 Å². The van der Waals surface area contributed by atoms with Gasteiger partial charge in [0, 0.05) is 0 Å². The Kier molecular flexibility index (Phi) is 2.73. The fourth-order valence-corrected chi connectivity index (χ4v) is 3.01. The first-order chi connectivity index (χ1) is 6.73.